The van der Waals surface area contributed by atoms with E-state index in [0.717, 1.165) is 6.08 Å². The Balaban J connectivity index is 2.43. The number of benzene rings is 1. The Kier molecular flexibility index (Phi) is 3.87. The van der Waals surface area contributed by atoms with Gasteiger partial charge in [0.2, 0.25) is 0 Å². The molecule has 1 aliphatic rings. The van der Waals surface area contributed by atoms with Crippen LogP contribution in [0.2, 0.25) is 0 Å². The van der Waals surface area contributed by atoms with Gasteiger partial charge in [-0.25, -0.2) is 0 Å². The summed E-state index contributed by atoms with van der Waals surface area (Å²) < 4.78 is 76.3. The van der Waals surface area contributed by atoms with Crippen LogP contribution in [0.4, 0.5) is 32.0 Å². The standard InChI is InChI=1S/C13H8F6N2O2/c1-6-2-10(22)21(11(6)23)20-9-4-7(12(14,15)16)3-8(5-9)13(17,18)19/h2-5,20H,1H3. The molecule has 4 nitrogen and oxygen atoms in total. The van der Waals surface area contributed by atoms with E-state index in [9.17, 15) is 35.9 Å². The molecule has 2 amide bonds. The zero-order valence-corrected chi connectivity index (χ0v) is 11.3. The number of nitrogens with one attached hydrogen (secondary N) is 1. The normalized spacial score (nSPS) is 16.0. The molecule has 0 bridgehead atoms. The molecule has 0 radical (unpaired) electrons. The maximum atomic E-state index is 12.7. The molecule has 0 saturated carbocycles. The van der Waals surface area contributed by atoms with Gasteiger partial charge in [0.05, 0.1) is 16.8 Å². The SMILES string of the molecule is CC1=CC(=O)N(Nc2cc(C(F)(F)F)cc(C(F)(F)F)c2)C1=O. The van der Waals surface area contributed by atoms with Crippen LogP contribution in [0.3, 0.4) is 0 Å². The second-order valence-corrected chi connectivity index (χ2v) is 4.71. The van der Waals surface area contributed by atoms with E-state index in [2.05, 4.69) is 0 Å². The maximum Gasteiger partial charge on any atom is 0.416 e. The number of alkyl halides is 6. The topological polar surface area (TPSA) is 49.4 Å². The van der Waals surface area contributed by atoms with Crippen molar-refractivity contribution in [1.29, 1.82) is 0 Å². The lowest BCUT2D eigenvalue weighted by atomic mass is 10.1. The molecule has 0 unspecified atom stereocenters. The van der Waals surface area contributed by atoms with Crippen LogP contribution in [0.1, 0.15) is 18.1 Å². The maximum absolute atomic E-state index is 12.7. The molecule has 0 atom stereocenters. The summed E-state index contributed by atoms with van der Waals surface area (Å²) in [5.41, 5.74) is -1.81. The molecule has 1 heterocycles. The van der Waals surface area contributed by atoms with Crippen molar-refractivity contribution < 1.29 is 35.9 Å². The fraction of sp³-hybridized carbons (Fsp3) is 0.231. The number of anilines is 1. The van der Waals surface area contributed by atoms with Gasteiger partial charge in [-0.3, -0.25) is 15.0 Å². The highest BCUT2D eigenvalue weighted by Crippen LogP contribution is 2.37. The van der Waals surface area contributed by atoms with Gasteiger partial charge < -0.3 is 0 Å². The lowest BCUT2D eigenvalue weighted by Crippen LogP contribution is -2.36. The van der Waals surface area contributed by atoms with Crippen molar-refractivity contribution in [2.75, 3.05) is 5.43 Å². The number of hydrazine groups is 1. The molecule has 1 N–H and O–H groups in total. The van der Waals surface area contributed by atoms with Crippen molar-refractivity contribution in [1.82, 2.24) is 5.01 Å². The Morgan fingerprint density at radius 3 is 1.74 bits per heavy atom. The van der Waals surface area contributed by atoms with Crippen LogP contribution in [0.5, 0.6) is 0 Å². The highest BCUT2D eigenvalue weighted by atomic mass is 19.4. The van der Waals surface area contributed by atoms with Crippen LogP contribution in [0.25, 0.3) is 0 Å². The Morgan fingerprint density at radius 1 is 0.913 bits per heavy atom. The number of hydrogen-bond acceptors (Lipinski definition) is 3. The zero-order chi connectivity index (χ0) is 17.6. The molecule has 10 heteroatoms. The third-order valence-electron chi connectivity index (χ3n) is 2.93. The minimum absolute atomic E-state index is 0.00511. The third kappa shape index (κ3) is 3.46. The van der Waals surface area contributed by atoms with E-state index < -0.39 is 41.0 Å². The van der Waals surface area contributed by atoms with Crippen LogP contribution in [-0.4, -0.2) is 16.8 Å². The summed E-state index contributed by atoms with van der Waals surface area (Å²) in [6.07, 6.45) is -9.14. The largest absolute Gasteiger partial charge is 0.416 e. The fourth-order valence-electron chi connectivity index (χ4n) is 1.84. The Labute approximate surface area is 125 Å². The van der Waals surface area contributed by atoms with Crippen LogP contribution >= 0.6 is 0 Å². The third-order valence-corrected chi connectivity index (χ3v) is 2.93. The number of amides is 2. The van der Waals surface area contributed by atoms with Gasteiger partial charge in [0.25, 0.3) is 11.8 Å². The van der Waals surface area contributed by atoms with E-state index in [1.165, 1.54) is 6.92 Å². The summed E-state index contributed by atoms with van der Waals surface area (Å²) in [4.78, 5) is 23.1. The molecular formula is C13H8F6N2O2. The van der Waals surface area contributed by atoms with E-state index in [1.807, 2.05) is 5.43 Å². The second kappa shape index (κ2) is 5.28. The van der Waals surface area contributed by atoms with E-state index in [0.29, 0.717) is 17.1 Å². The van der Waals surface area contributed by atoms with Crippen molar-refractivity contribution in [3.8, 4) is 0 Å². The van der Waals surface area contributed by atoms with Gasteiger partial charge >= 0.3 is 12.4 Å². The monoisotopic (exact) mass is 338 g/mol. The molecule has 0 aliphatic carbocycles. The summed E-state index contributed by atoms with van der Waals surface area (Å²) >= 11 is 0. The lowest BCUT2D eigenvalue weighted by Gasteiger charge is -2.19. The van der Waals surface area contributed by atoms with E-state index in [1.54, 1.807) is 0 Å². The van der Waals surface area contributed by atoms with Gasteiger partial charge in [-0.05, 0) is 25.1 Å². The molecule has 0 spiro atoms. The molecule has 1 aliphatic heterocycles. The van der Waals surface area contributed by atoms with E-state index in [4.69, 9.17) is 0 Å². The molecule has 2 rings (SSSR count). The minimum atomic E-state index is -5.02. The average Bonchev–Trinajstić information content (AvgIpc) is 2.63. The van der Waals surface area contributed by atoms with E-state index >= 15 is 0 Å². The van der Waals surface area contributed by atoms with Crippen molar-refractivity contribution in [2.45, 2.75) is 19.3 Å². The number of nitrogens with zero attached hydrogens (tertiary/aromatic N) is 1. The summed E-state index contributed by atoms with van der Waals surface area (Å²) in [6, 6.07) is 0.704. The zero-order valence-electron chi connectivity index (χ0n) is 11.3. The number of imide groups is 1. The first-order valence-electron chi connectivity index (χ1n) is 6.02. The molecule has 0 fully saturated rings. The predicted octanol–water partition coefficient (Wildman–Crippen LogP) is 3.37. The van der Waals surface area contributed by atoms with Crippen LogP contribution in [-0.2, 0) is 21.9 Å². The average molecular weight is 338 g/mol. The predicted molar refractivity (Wildman–Crippen MR) is 65.7 cm³/mol. The molecule has 0 aromatic heterocycles. The summed E-state index contributed by atoms with van der Waals surface area (Å²) in [7, 11) is 0. The van der Waals surface area contributed by atoms with Crippen molar-refractivity contribution in [2.24, 2.45) is 0 Å². The van der Waals surface area contributed by atoms with Gasteiger partial charge in [-0.2, -0.15) is 31.4 Å². The van der Waals surface area contributed by atoms with Crippen molar-refractivity contribution >= 4 is 17.5 Å². The first-order chi connectivity index (χ1) is 10.4. The van der Waals surface area contributed by atoms with Gasteiger partial charge in [0.15, 0.2) is 0 Å². The van der Waals surface area contributed by atoms with Crippen LogP contribution in [0.15, 0.2) is 29.8 Å². The molecule has 23 heavy (non-hydrogen) atoms. The Hall–Kier alpha value is -2.52. The Morgan fingerprint density at radius 2 is 1.39 bits per heavy atom. The highest BCUT2D eigenvalue weighted by Gasteiger charge is 2.37. The van der Waals surface area contributed by atoms with Crippen molar-refractivity contribution in [3.05, 3.63) is 41.0 Å². The summed E-state index contributed by atoms with van der Waals surface area (Å²) in [6.45, 7) is 1.29. The van der Waals surface area contributed by atoms with Gasteiger partial charge in [-0.15, -0.1) is 0 Å². The Bertz CT molecular complexity index is 673. The summed E-state index contributed by atoms with van der Waals surface area (Å²) in [5.74, 6) is -1.75. The van der Waals surface area contributed by atoms with Crippen molar-refractivity contribution in [3.63, 3.8) is 0 Å². The van der Waals surface area contributed by atoms with Gasteiger partial charge in [-0.1, -0.05) is 0 Å². The molecule has 1 aromatic carbocycles. The van der Waals surface area contributed by atoms with Gasteiger partial charge in [0.1, 0.15) is 0 Å². The number of carbonyl (C=O) groups excluding carboxylic acids is 2. The van der Waals surface area contributed by atoms with Gasteiger partial charge in [0, 0.05) is 11.6 Å². The first kappa shape index (κ1) is 16.8. The second-order valence-electron chi connectivity index (χ2n) is 4.71. The molecule has 1 aromatic rings. The number of halogens is 6. The number of carbonyl (C=O) groups is 2. The molecular weight excluding hydrogens is 330 g/mol. The van der Waals surface area contributed by atoms with E-state index in [-0.39, 0.29) is 11.6 Å². The minimum Gasteiger partial charge on any atom is -0.288 e. The number of hydrogen-bond donors (Lipinski definition) is 1. The van der Waals surface area contributed by atoms with Crippen LogP contribution in [0, 0.1) is 0 Å². The highest BCUT2D eigenvalue weighted by molar-refractivity contribution is 6.16. The first-order valence-corrected chi connectivity index (χ1v) is 6.02. The molecule has 0 saturated heterocycles. The molecule has 124 valence electrons. The van der Waals surface area contributed by atoms with Crippen LogP contribution < -0.4 is 5.43 Å². The summed E-state index contributed by atoms with van der Waals surface area (Å²) in [5, 5.41) is 0.338. The number of rotatable bonds is 2. The lowest BCUT2D eigenvalue weighted by molar-refractivity contribution is -0.143. The quantitative estimate of drug-likeness (QED) is 0.664. The smallest absolute Gasteiger partial charge is 0.288 e. The fourth-order valence-corrected chi connectivity index (χ4v) is 1.84.